The van der Waals surface area contributed by atoms with Gasteiger partial charge in [0.2, 0.25) is 0 Å². The minimum atomic E-state index is -1.02. The third-order valence-electron chi connectivity index (χ3n) is 8.63. The van der Waals surface area contributed by atoms with Gasteiger partial charge in [-0.1, -0.05) is 0 Å². The maximum absolute atomic E-state index is 13.1. The first kappa shape index (κ1) is 24.4. The van der Waals surface area contributed by atoms with Gasteiger partial charge in [0.05, 0.1) is 17.7 Å². The number of esters is 1. The third-order valence-corrected chi connectivity index (χ3v) is 8.63. The van der Waals surface area contributed by atoms with Crippen LogP contribution in [0.1, 0.15) is 78.7 Å². The molecule has 5 fully saturated rings. The molecule has 1 atom stereocenters. The zero-order chi connectivity index (χ0) is 25.8. The molecular weight excluding hydrogens is 472 g/mol. The second kappa shape index (κ2) is 9.14. The molecule has 2 aromatic carbocycles. The van der Waals surface area contributed by atoms with Crippen molar-refractivity contribution >= 4 is 11.9 Å². The first-order chi connectivity index (χ1) is 17.7. The van der Waals surface area contributed by atoms with Crippen LogP contribution >= 0.6 is 0 Å². The summed E-state index contributed by atoms with van der Waals surface area (Å²) in [7, 11) is 0. The Labute approximate surface area is 217 Å². The predicted octanol–water partition coefficient (Wildman–Crippen LogP) is 5.60. The summed E-state index contributed by atoms with van der Waals surface area (Å²) in [6, 6.07) is 11.5. The summed E-state index contributed by atoms with van der Waals surface area (Å²) < 4.78 is 23.6. The molecule has 2 aromatic rings. The largest absolute Gasteiger partial charge is 0.490 e. The fourth-order valence-electron chi connectivity index (χ4n) is 7.50. The summed E-state index contributed by atoms with van der Waals surface area (Å²) in [5.74, 6) is 1.28. The lowest BCUT2D eigenvalue weighted by Crippen LogP contribution is -2.48. The first-order valence-corrected chi connectivity index (χ1v) is 13.3. The number of carboxylic acid groups (broad SMARTS) is 1. The van der Waals surface area contributed by atoms with Crippen molar-refractivity contribution in [3.63, 3.8) is 0 Å². The minimum absolute atomic E-state index is 0.0236. The molecule has 4 aliphatic carbocycles. The van der Waals surface area contributed by atoms with Gasteiger partial charge in [0.1, 0.15) is 24.2 Å². The van der Waals surface area contributed by atoms with Gasteiger partial charge in [-0.3, -0.25) is 0 Å². The molecule has 7 rings (SSSR count). The van der Waals surface area contributed by atoms with E-state index in [1.165, 1.54) is 43.5 Å². The molecule has 37 heavy (non-hydrogen) atoms. The van der Waals surface area contributed by atoms with E-state index < -0.39 is 17.7 Å². The van der Waals surface area contributed by atoms with Gasteiger partial charge < -0.3 is 24.1 Å². The Morgan fingerprint density at radius 1 is 0.946 bits per heavy atom. The van der Waals surface area contributed by atoms with Crippen LogP contribution < -0.4 is 9.47 Å². The fourth-order valence-corrected chi connectivity index (χ4v) is 7.50. The lowest BCUT2D eigenvalue weighted by molar-refractivity contribution is -0.141. The highest BCUT2D eigenvalue weighted by Crippen LogP contribution is 2.62. The van der Waals surface area contributed by atoms with Crippen molar-refractivity contribution in [3.8, 4) is 11.5 Å². The van der Waals surface area contributed by atoms with E-state index in [1.54, 1.807) is 6.07 Å². The normalized spacial score (nSPS) is 31.3. The van der Waals surface area contributed by atoms with Crippen LogP contribution in [0.4, 0.5) is 0 Å². The van der Waals surface area contributed by atoms with Crippen LogP contribution in [-0.4, -0.2) is 42.1 Å². The molecule has 0 amide bonds. The highest BCUT2D eigenvalue weighted by molar-refractivity contribution is 5.92. The van der Waals surface area contributed by atoms with E-state index in [-0.39, 0.29) is 17.1 Å². The van der Waals surface area contributed by atoms with Crippen LogP contribution in [0.15, 0.2) is 42.5 Å². The minimum Gasteiger partial charge on any atom is -0.490 e. The van der Waals surface area contributed by atoms with Gasteiger partial charge in [0.25, 0.3) is 0 Å². The molecule has 7 heteroatoms. The standard InChI is InChI=1S/C30H34O7/c1-29(2)35-17-24(37-29)16-34-26-8-5-22(28(33)36-23-6-3-21(4-7-23)27(31)32)12-25(26)30-13-18-9-19(14-30)11-20(10-18)15-30/h3-8,12,18-20,24H,9-11,13-17H2,1-2H3,(H,31,32). The van der Waals surface area contributed by atoms with Gasteiger partial charge in [0.15, 0.2) is 5.79 Å². The summed E-state index contributed by atoms with van der Waals surface area (Å²) in [6.07, 6.45) is 7.25. The van der Waals surface area contributed by atoms with E-state index >= 15 is 0 Å². The van der Waals surface area contributed by atoms with Crippen molar-refractivity contribution in [3.05, 3.63) is 59.2 Å². The maximum atomic E-state index is 13.1. The maximum Gasteiger partial charge on any atom is 0.343 e. The van der Waals surface area contributed by atoms with Crippen molar-refractivity contribution < 1.29 is 33.6 Å². The van der Waals surface area contributed by atoms with Crippen LogP contribution in [-0.2, 0) is 14.9 Å². The molecule has 4 bridgehead atoms. The van der Waals surface area contributed by atoms with E-state index in [1.807, 2.05) is 26.0 Å². The van der Waals surface area contributed by atoms with Crippen LogP contribution in [0.5, 0.6) is 11.5 Å². The monoisotopic (exact) mass is 506 g/mol. The van der Waals surface area contributed by atoms with Gasteiger partial charge in [-0.05, 0) is 118 Å². The van der Waals surface area contributed by atoms with E-state index in [2.05, 4.69) is 0 Å². The molecule has 1 N–H and O–H groups in total. The van der Waals surface area contributed by atoms with E-state index in [0.29, 0.717) is 24.5 Å². The Bertz CT molecular complexity index is 1160. The van der Waals surface area contributed by atoms with Gasteiger partial charge in [-0.2, -0.15) is 0 Å². The van der Waals surface area contributed by atoms with Crippen molar-refractivity contribution in [1.82, 2.24) is 0 Å². The van der Waals surface area contributed by atoms with E-state index in [9.17, 15) is 9.59 Å². The summed E-state index contributed by atoms with van der Waals surface area (Å²) in [5, 5.41) is 9.11. The van der Waals surface area contributed by atoms with Crippen LogP contribution in [0, 0.1) is 17.8 Å². The lowest BCUT2D eigenvalue weighted by Gasteiger charge is -2.57. The Hall–Kier alpha value is -2.90. The number of carbonyl (C=O) groups is 2. The van der Waals surface area contributed by atoms with Crippen molar-refractivity contribution in [2.45, 2.75) is 69.7 Å². The molecule has 0 spiro atoms. The molecule has 0 radical (unpaired) electrons. The van der Waals surface area contributed by atoms with E-state index in [4.69, 9.17) is 24.1 Å². The fraction of sp³-hybridized carbons (Fsp3) is 0.533. The topological polar surface area (TPSA) is 91.3 Å². The summed E-state index contributed by atoms with van der Waals surface area (Å²) >= 11 is 0. The molecule has 1 heterocycles. The van der Waals surface area contributed by atoms with Crippen molar-refractivity contribution in [1.29, 1.82) is 0 Å². The van der Waals surface area contributed by atoms with Crippen LogP contribution in [0.2, 0.25) is 0 Å². The molecule has 4 saturated carbocycles. The molecule has 1 saturated heterocycles. The SMILES string of the molecule is CC1(C)OCC(COc2ccc(C(=O)Oc3ccc(C(=O)O)cc3)cc2C23CC4CC(CC(C4)C2)C3)O1. The molecule has 1 unspecified atom stereocenters. The van der Waals surface area contributed by atoms with Crippen LogP contribution in [0.3, 0.4) is 0 Å². The van der Waals surface area contributed by atoms with Gasteiger partial charge in [0, 0.05) is 5.56 Å². The quantitative estimate of drug-likeness (QED) is 0.386. The Balaban J connectivity index is 1.27. The number of aromatic carboxylic acids is 1. The molecular formula is C30H34O7. The molecule has 196 valence electrons. The smallest absolute Gasteiger partial charge is 0.343 e. The Morgan fingerprint density at radius 2 is 1.57 bits per heavy atom. The third kappa shape index (κ3) is 4.87. The number of hydrogen-bond donors (Lipinski definition) is 1. The number of benzene rings is 2. The number of ether oxygens (including phenoxy) is 4. The van der Waals surface area contributed by atoms with Gasteiger partial charge >= 0.3 is 11.9 Å². The second-order valence-corrected chi connectivity index (χ2v) is 11.9. The Morgan fingerprint density at radius 3 is 2.14 bits per heavy atom. The first-order valence-electron chi connectivity index (χ1n) is 13.3. The molecule has 1 aliphatic heterocycles. The summed E-state index contributed by atoms with van der Waals surface area (Å²) in [5.41, 5.74) is 1.75. The number of carboxylic acids is 1. The average Bonchev–Trinajstić information content (AvgIpc) is 3.20. The van der Waals surface area contributed by atoms with Crippen molar-refractivity contribution in [2.24, 2.45) is 17.8 Å². The van der Waals surface area contributed by atoms with E-state index in [0.717, 1.165) is 48.3 Å². The number of carbonyl (C=O) groups excluding carboxylic acids is 1. The summed E-state index contributed by atoms with van der Waals surface area (Å²) in [6.45, 7) is 4.69. The predicted molar refractivity (Wildman–Crippen MR) is 135 cm³/mol. The zero-order valence-corrected chi connectivity index (χ0v) is 21.4. The second-order valence-electron chi connectivity index (χ2n) is 11.9. The zero-order valence-electron chi connectivity index (χ0n) is 21.4. The van der Waals surface area contributed by atoms with Gasteiger partial charge in [-0.15, -0.1) is 0 Å². The summed E-state index contributed by atoms with van der Waals surface area (Å²) in [4.78, 5) is 24.3. The van der Waals surface area contributed by atoms with Crippen molar-refractivity contribution in [2.75, 3.05) is 13.2 Å². The molecule has 7 nitrogen and oxygen atoms in total. The number of rotatable bonds is 7. The Kier molecular flexibility index (Phi) is 6.03. The average molecular weight is 507 g/mol. The van der Waals surface area contributed by atoms with Gasteiger partial charge in [-0.25, -0.2) is 9.59 Å². The lowest BCUT2D eigenvalue weighted by atomic mass is 9.48. The highest BCUT2D eigenvalue weighted by atomic mass is 16.7. The number of hydrogen-bond acceptors (Lipinski definition) is 6. The molecule has 0 aromatic heterocycles. The van der Waals surface area contributed by atoms with Crippen LogP contribution in [0.25, 0.3) is 0 Å². The highest BCUT2D eigenvalue weighted by Gasteiger charge is 2.52. The molecule has 5 aliphatic rings.